The van der Waals surface area contributed by atoms with Crippen LogP contribution in [-0.2, 0) is 28.1 Å². The Balaban J connectivity index is 1.52. The second kappa shape index (κ2) is 6.81. The largest absolute Gasteiger partial charge is 0.336 e. The number of benzene rings is 1. The van der Waals surface area contributed by atoms with Crippen LogP contribution in [0.2, 0.25) is 0 Å². The Morgan fingerprint density at radius 2 is 2.00 bits per heavy atom. The number of carbonyl (C=O) groups is 3. The highest BCUT2D eigenvalue weighted by Crippen LogP contribution is 2.32. The minimum absolute atomic E-state index is 0.199. The second-order valence-electron chi connectivity index (χ2n) is 6.88. The van der Waals surface area contributed by atoms with Gasteiger partial charge in [0.05, 0.1) is 0 Å². The monoisotopic (exact) mass is 383 g/mol. The van der Waals surface area contributed by atoms with Crippen molar-refractivity contribution in [2.75, 3.05) is 13.1 Å². The summed E-state index contributed by atoms with van der Waals surface area (Å²) in [5.74, 6) is -0.557. The molecule has 4 rings (SSSR count). The lowest BCUT2D eigenvalue weighted by atomic mass is 9.87. The first kappa shape index (κ1) is 17.7. The summed E-state index contributed by atoms with van der Waals surface area (Å²) >= 11 is 1.71. The molecule has 7 heteroatoms. The Labute approximate surface area is 161 Å². The molecular weight excluding hydrogens is 362 g/mol. The van der Waals surface area contributed by atoms with E-state index in [0.29, 0.717) is 19.5 Å². The predicted octanol–water partition coefficient (Wildman–Crippen LogP) is 2.49. The first-order chi connectivity index (χ1) is 13.0. The fraction of sp³-hybridized carbons (Fsp3) is 0.350. The molecule has 2 aliphatic heterocycles. The Bertz CT molecular complexity index is 895. The average Bonchev–Trinajstić information content (AvgIpc) is 3.26. The van der Waals surface area contributed by atoms with Crippen LogP contribution in [0, 0.1) is 0 Å². The van der Waals surface area contributed by atoms with Crippen LogP contribution in [0.5, 0.6) is 0 Å². The molecule has 1 N–H and O–H groups in total. The third-order valence-corrected chi connectivity index (χ3v) is 6.45. The van der Waals surface area contributed by atoms with Crippen LogP contribution in [0.15, 0.2) is 41.8 Å². The lowest BCUT2D eigenvalue weighted by Gasteiger charge is -2.29. The topological polar surface area (TPSA) is 69.7 Å². The number of thiophene rings is 1. The zero-order valence-corrected chi connectivity index (χ0v) is 15.9. The van der Waals surface area contributed by atoms with Crippen LogP contribution in [0.4, 0.5) is 4.79 Å². The van der Waals surface area contributed by atoms with E-state index in [2.05, 4.69) is 5.32 Å². The number of imide groups is 1. The molecule has 0 bridgehead atoms. The van der Waals surface area contributed by atoms with Crippen molar-refractivity contribution in [3.63, 3.8) is 0 Å². The van der Waals surface area contributed by atoms with Crippen molar-refractivity contribution in [3.8, 4) is 0 Å². The van der Waals surface area contributed by atoms with Gasteiger partial charge in [-0.25, -0.2) is 4.79 Å². The number of nitrogens with one attached hydrogen (secondary N) is 1. The Kier molecular flexibility index (Phi) is 4.47. The molecule has 4 amide bonds. The zero-order valence-electron chi connectivity index (χ0n) is 15.1. The zero-order chi connectivity index (χ0) is 19.0. The third-order valence-electron chi connectivity index (χ3n) is 5.43. The Morgan fingerprint density at radius 3 is 2.74 bits per heavy atom. The summed E-state index contributed by atoms with van der Waals surface area (Å²) in [6.07, 6.45) is 1.25. The van der Waals surface area contributed by atoms with Gasteiger partial charge >= 0.3 is 6.03 Å². The van der Waals surface area contributed by atoms with Gasteiger partial charge in [-0.05, 0) is 35.4 Å². The van der Waals surface area contributed by atoms with E-state index >= 15 is 0 Å². The summed E-state index contributed by atoms with van der Waals surface area (Å²) in [6.45, 7) is 2.80. The number of amides is 4. The predicted molar refractivity (Wildman–Crippen MR) is 102 cm³/mol. The van der Waals surface area contributed by atoms with Gasteiger partial charge in [0.15, 0.2) is 0 Å². The number of hydrogen-bond donors (Lipinski definition) is 1. The highest BCUT2D eigenvalue weighted by atomic mass is 32.1. The number of fused-ring (bicyclic) bond motifs is 1. The van der Waals surface area contributed by atoms with Gasteiger partial charge < -0.3 is 10.2 Å². The molecule has 27 heavy (non-hydrogen) atoms. The molecule has 2 aromatic rings. The molecular formula is C20H21N3O3S. The average molecular weight is 383 g/mol. The lowest BCUT2D eigenvalue weighted by Crippen LogP contribution is -2.46. The van der Waals surface area contributed by atoms with Gasteiger partial charge in [0, 0.05) is 18.0 Å². The van der Waals surface area contributed by atoms with E-state index in [1.165, 1.54) is 4.88 Å². The molecule has 0 spiro atoms. The molecule has 1 aromatic heterocycles. The number of nitrogens with zero attached hydrogens (tertiary/aromatic N) is 2. The lowest BCUT2D eigenvalue weighted by molar-refractivity contribution is -0.139. The van der Waals surface area contributed by atoms with Crippen LogP contribution in [0.1, 0.15) is 29.3 Å². The molecule has 1 atom stereocenters. The minimum atomic E-state index is -1.10. The first-order valence-corrected chi connectivity index (χ1v) is 9.96. The van der Waals surface area contributed by atoms with Gasteiger partial charge in [-0.2, -0.15) is 0 Å². The highest BCUT2D eigenvalue weighted by molar-refractivity contribution is 7.10. The van der Waals surface area contributed by atoms with Crippen LogP contribution in [-0.4, -0.2) is 40.7 Å². The molecule has 1 aromatic carbocycles. The third kappa shape index (κ3) is 2.92. The highest BCUT2D eigenvalue weighted by Gasteiger charge is 2.51. The molecule has 140 valence electrons. The van der Waals surface area contributed by atoms with Crippen LogP contribution in [0.25, 0.3) is 0 Å². The SMILES string of the molecule is CCC1(c2ccccc2)NC(=O)N(CC(=O)N2CCc3sccc3C2)C1=O. The van der Waals surface area contributed by atoms with Crippen molar-refractivity contribution in [3.05, 3.63) is 57.8 Å². The van der Waals surface area contributed by atoms with E-state index in [1.807, 2.05) is 48.7 Å². The Hall–Kier alpha value is -2.67. The van der Waals surface area contributed by atoms with E-state index in [0.717, 1.165) is 22.4 Å². The van der Waals surface area contributed by atoms with Crippen molar-refractivity contribution in [2.24, 2.45) is 0 Å². The van der Waals surface area contributed by atoms with Gasteiger partial charge in [0.25, 0.3) is 5.91 Å². The maximum atomic E-state index is 13.1. The number of hydrogen-bond acceptors (Lipinski definition) is 4. The number of urea groups is 1. The maximum Gasteiger partial charge on any atom is 0.325 e. The molecule has 1 saturated heterocycles. The second-order valence-corrected chi connectivity index (χ2v) is 7.88. The fourth-order valence-electron chi connectivity index (χ4n) is 3.83. The fourth-order valence-corrected chi connectivity index (χ4v) is 4.72. The maximum absolute atomic E-state index is 13.1. The van der Waals surface area contributed by atoms with Crippen molar-refractivity contribution in [2.45, 2.75) is 31.8 Å². The van der Waals surface area contributed by atoms with Crippen LogP contribution in [0.3, 0.4) is 0 Å². The van der Waals surface area contributed by atoms with Gasteiger partial charge in [-0.15, -0.1) is 11.3 Å². The molecule has 0 radical (unpaired) electrons. The summed E-state index contributed by atoms with van der Waals surface area (Å²) in [6, 6.07) is 10.7. The van der Waals surface area contributed by atoms with Crippen LogP contribution < -0.4 is 5.32 Å². The van der Waals surface area contributed by atoms with Gasteiger partial charge in [0.2, 0.25) is 5.91 Å². The smallest absolute Gasteiger partial charge is 0.325 e. The summed E-state index contributed by atoms with van der Waals surface area (Å²) in [5.41, 5.74) is 0.798. The molecule has 3 heterocycles. The van der Waals surface area contributed by atoms with Crippen molar-refractivity contribution >= 4 is 29.2 Å². The van der Waals surface area contributed by atoms with Crippen molar-refractivity contribution in [1.29, 1.82) is 0 Å². The molecule has 0 aliphatic carbocycles. The molecule has 0 saturated carbocycles. The first-order valence-electron chi connectivity index (χ1n) is 9.08. The molecule has 2 aliphatic rings. The molecule has 1 fully saturated rings. The standard InChI is InChI=1S/C20H21N3O3S/c1-2-20(15-6-4-3-5-7-15)18(25)23(19(26)21-20)13-17(24)22-10-8-16-14(12-22)9-11-27-16/h3-7,9,11H,2,8,10,12-13H2,1H3,(H,21,26). The quantitative estimate of drug-likeness (QED) is 0.825. The van der Waals surface area contributed by atoms with E-state index in [-0.39, 0.29) is 18.4 Å². The summed E-state index contributed by atoms with van der Waals surface area (Å²) < 4.78 is 0. The van der Waals surface area contributed by atoms with Crippen molar-refractivity contribution in [1.82, 2.24) is 15.1 Å². The molecule has 6 nitrogen and oxygen atoms in total. The van der Waals surface area contributed by atoms with E-state index in [4.69, 9.17) is 0 Å². The summed E-state index contributed by atoms with van der Waals surface area (Å²) in [7, 11) is 0. The Morgan fingerprint density at radius 1 is 1.22 bits per heavy atom. The van der Waals surface area contributed by atoms with E-state index in [9.17, 15) is 14.4 Å². The van der Waals surface area contributed by atoms with Crippen molar-refractivity contribution < 1.29 is 14.4 Å². The van der Waals surface area contributed by atoms with Gasteiger partial charge in [-0.3, -0.25) is 14.5 Å². The van der Waals surface area contributed by atoms with E-state index in [1.54, 1.807) is 16.2 Å². The van der Waals surface area contributed by atoms with Crippen LogP contribution >= 0.6 is 11.3 Å². The number of rotatable bonds is 4. The van der Waals surface area contributed by atoms with E-state index < -0.39 is 11.6 Å². The van der Waals surface area contributed by atoms with Gasteiger partial charge in [-0.1, -0.05) is 37.3 Å². The normalized spacial score (nSPS) is 22.0. The molecule has 1 unspecified atom stereocenters. The minimum Gasteiger partial charge on any atom is -0.336 e. The summed E-state index contributed by atoms with van der Waals surface area (Å²) in [5, 5.41) is 4.85. The number of carbonyl (C=O) groups excluding carboxylic acids is 3. The summed E-state index contributed by atoms with van der Waals surface area (Å²) in [4.78, 5) is 42.5. The van der Waals surface area contributed by atoms with Gasteiger partial charge in [0.1, 0.15) is 12.1 Å².